The van der Waals surface area contributed by atoms with Gasteiger partial charge in [-0.05, 0) is 43.4 Å². The van der Waals surface area contributed by atoms with Crippen LogP contribution in [-0.4, -0.2) is 28.1 Å². The normalized spacial score (nSPS) is 29.8. The smallest absolute Gasteiger partial charge is 0.127 e. The Morgan fingerprint density at radius 2 is 2.08 bits per heavy atom. The minimum absolute atomic E-state index is 0.148. The molecule has 4 rings (SSSR count). The average molecular weight is 326 g/mol. The SMILES string of the molecule is Cc1ccc([C@]2(O)CC[C@H]3CN(Cc4ccccc4F)C[C@H]32)nc1. The van der Waals surface area contributed by atoms with Gasteiger partial charge in [-0.15, -0.1) is 0 Å². The van der Waals surface area contributed by atoms with Gasteiger partial charge in [0.25, 0.3) is 0 Å². The molecule has 1 N–H and O–H groups in total. The quantitative estimate of drug-likeness (QED) is 0.940. The van der Waals surface area contributed by atoms with Gasteiger partial charge in [0.1, 0.15) is 11.4 Å². The molecule has 126 valence electrons. The molecule has 3 nitrogen and oxygen atoms in total. The van der Waals surface area contributed by atoms with Crippen molar-refractivity contribution in [1.29, 1.82) is 0 Å². The van der Waals surface area contributed by atoms with Crippen LogP contribution in [0.15, 0.2) is 42.6 Å². The zero-order valence-corrected chi connectivity index (χ0v) is 14.0. The van der Waals surface area contributed by atoms with E-state index in [1.165, 1.54) is 6.07 Å². The Morgan fingerprint density at radius 3 is 2.83 bits per heavy atom. The molecular formula is C20H23FN2O. The molecule has 0 unspecified atom stereocenters. The van der Waals surface area contributed by atoms with E-state index in [9.17, 15) is 9.50 Å². The molecule has 0 spiro atoms. The first-order valence-electron chi connectivity index (χ1n) is 8.67. The summed E-state index contributed by atoms with van der Waals surface area (Å²) in [7, 11) is 0. The predicted octanol–water partition coefficient (Wildman–Crippen LogP) is 3.26. The van der Waals surface area contributed by atoms with Crippen molar-refractivity contribution in [2.24, 2.45) is 11.8 Å². The number of aryl methyl sites for hydroxylation is 1. The number of likely N-dealkylation sites (tertiary alicyclic amines) is 1. The molecule has 1 aliphatic carbocycles. The minimum atomic E-state index is -0.845. The maximum absolute atomic E-state index is 13.9. The van der Waals surface area contributed by atoms with Gasteiger partial charge < -0.3 is 5.11 Å². The van der Waals surface area contributed by atoms with E-state index in [1.807, 2.05) is 37.4 Å². The molecule has 1 saturated carbocycles. The monoisotopic (exact) mass is 326 g/mol. The first kappa shape index (κ1) is 15.7. The summed E-state index contributed by atoms with van der Waals surface area (Å²) in [5, 5.41) is 11.3. The van der Waals surface area contributed by atoms with Gasteiger partial charge in [-0.25, -0.2) is 4.39 Å². The van der Waals surface area contributed by atoms with Crippen molar-refractivity contribution < 1.29 is 9.50 Å². The van der Waals surface area contributed by atoms with Crippen LogP contribution in [0.1, 0.15) is 29.7 Å². The molecule has 2 heterocycles. The summed E-state index contributed by atoms with van der Waals surface area (Å²) in [6, 6.07) is 10.9. The van der Waals surface area contributed by atoms with E-state index in [0.717, 1.165) is 42.8 Å². The molecule has 1 aromatic carbocycles. The van der Waals surface area contributed by atoms with Gasteiger partial charge in [-0.2, -0.15) is 0 Å². The number of pyridine rings is 1. The zero-order valence-electron chi connectivity index (χ0n) is 14.0. The number of aromatic nitrogens is 1. The number of hydrogen-bond acceptors (Lipinski definition) is 3. The highest BCUT2D eigenvalue weighted by atomic mass is 19.1. The van der Waals surface area contributed by atoms with Crippen LogP contribution >= 0.6 is 0 Å². The van der Waals surface area contributed by atoms with E-state index in [-0.39, 0.29) is 11.7 Å². The fourth-order valence-electron chi connectivity index (χ4n) is 4.42. The molecule has 1 aromatic heterocycles. The van der Waals surface area contributed by atoms with Crippen LogP contribution in [-0.2, 0) is 12.1 Å². The lowest BCUT2D eigenvalue weighted by atomic mass is 9.85. The van der Waals surface area contributed by atoms with Gasteiger partial charge in [0, 0.05) is 37.3 Å². The highest BCUT2D eigenvalue weighted by Crippen LogP contribution is 2.50. The molecule has 3 atom stereocenters. The van der Waals surface area contributed by atoms with Crippen molar-refractivity contribution in [1.82, 2.24) is 9.88 Å². The Balaban J connectivity index is 1.53. The third-order valence-electron chi connectivity index (χ3n) is 5.73. The molecule has 2 aliphatic rings. The van der Waals surface area contributed by atoms with E-state index < -0.39 is 5.60 Å². The van der Waals surface area contributed by atoms with Gasteiger partial charge in [0.15, 0.2) is 0 Å². The Hall–Kier alpha value is -1.78. The molecule has 24 heavy (non-hydrogen) atoms. The molecule has 0 radical (unpaired) electrons. The summed E-state index contributed by atoms with van der Waals surface area (Å²) >= 11 is 0. The van der Waals surface area contributed by atoms with Crippen LogP contribution in [0.5, 0.6) is 0 Å². The number of fused-ring (bicyclic) bond motifs is 1. The number of nitrogens with zero attached hydrogens (tertiary/aromatic N) is 2. The standard InChI is InChI=1S/C20H23FN2O/c1-14-6-7-19(22-10-14)20(24)9-8-15-11-23(13-17(15)20)12-16-4-2-3-5-18(16)21/h2-7,10,15,17,24H,8-9,11-13H2,1H3/t15-,17+,20-/m0/s1. The van der Waals surface area contributed by atoms with Crippen LogP contribution in [0.2, 0.25) is 0 Å². The van der Waals surface area contributed by atoms with Crippen LogP contribution in [0.4, 0.5) is 4.39 Å². The zero-order chi connectivity index (χ0) is 16.7. The van der Waals surface area contributed by atoms with E-state index in [2.05, 4.69) is 9.88 Å². The Kier molecular flexibility index (Phi) is 3.89. The summed E-state index contributed by atoms with van der Waals surface area (Å²) in [6.07, 6.45) is 3.60. The fourth-order valence-corrected chi connectivity index (χ4v) is 4.42. The number of benzene rings is 1. The van der Waals surface area contributed by atoms with Crippen LogP contribution in [0, 0.1) is 24.6 Å². The predicted molar refractivity (Wildman–Crippen MR) is 90.8 cm³/mol. The lowest BCUT2D eigenvalue weighted by molar-refractivity contribution is -0.0108. The Labute approximate surface area is 142 Å². The van der Waals surface area contributed by atoms with Crippen LogP contribution in [0.3, 0.4) is 0 Å². The van der Waals surface area contributed by atoms with Gasteiger partial charge >= 0.3 is 0 Å². The van der Waals surface area contributed by atoms with Crippen LogP contribution < -0.4 is 0 Å². The van der Waals surface area contributed by atoms with Crippen molar-refractivity contribution in [3.05, 3.63) is 65.2 Å². The highest BCUT2D eigenvalue weighted by molar-refractivity contribution is 5.23. The Bertz CT molecular complexity index is 733. The molecule has 0 amide bonds. The second-order valence-corrected chi connectivity index (χ2v) is 7.34. The molecule has 4 heteroatoms. The molecule has 1 saturated heterocycles. The number of hydrogen-bond donors (Lipinski definition) is 1. The summed E-state index contributed by atoms with van der Waals surface area (Å²) in [4.78, 5) is 6.76. The van der Waals surface area contributed by atoms with E-state index in [1.54, 1.807) is 6.07 Å². The maximum Gasteiger partial charge on any atom is 0.127 e. The highest BCUT2D eigenvalue weighted by Gasteiger charge is 2.53. The van der Waals surface area contributed by atoms with Gasteiger partial charge in [0.2, 0.25) is 0 Å². The van der Waals surface area contributed by atoms with Crippen LogP contribution in [0.25, 0.3) is 0 Å². The van der Waals surface area contributed by atoms with Gasteiger partial charge in [-0.3, -0.25) is 9.88 Å². The number of rotatable bonds is 3. The molecule has 2 aromatic rings. The largest absolute Gasteiger partial charge is 0.383 e. The van der Waals surface area contributed by atoms with Crippen molar-refractivity contribution in [3.63, 3.8) is 0 Å². The van der Waals surface area contributed by atoms with Crippen molar-refractivity contribution >= 4 is 0 Å². The van der Waals surface area contributed by atoms with Crippen molar-refractivity contribution in [2.45, 2.75) is 31.9 Å². The van der Waals surface area contributed by atoms with E-state index >= 15 is 0 Å². The molecular weight excluding hydrogens is 303 g/mol. The minimum Gasteiger partial charge on any atom is -0.383 e. The molecule has 2 fully saturated rings. The lowest BCUT2D eigenvalue weighted by Gasteiger charge is -2.30. The Morgan fingerprint density at radius 1 is 1.25 bits per heavy atom. The van der Waals surface area contributed by atoms with E-state index in [4.69, 9.17) is 0 Å². The lowest BCUT2D eigenvalue weighted by Crippen LogP contribution is -2.35. The van der Waals surface area contributed by atoms with Crippen molar-refractivity contribution in [2.75, 3.05) is 13.1 Å². The topological polar surface area (TPSA) is 36.4 Å². The third-order valence-corrected chi connectivity index (χ3v) is 5.73. The molecule has 1 aliphatic heterocycles. The fraction of sp³-hybridized carbons (Fsp3) is 0.450. The first-order valence-corrected chi connectivity index (χ1v) is 8.67. The maximum atomic E-state index is 13.9. The summed E-state index contributed by atoms with van der Waals surface area (Å²) < 4.78 is 13.9. The summed E-state index contributed by atoms with van der Waals surface area (Å²) in [5.41, 5.74) is 1.77. The third kappa shape index (κ3) is 2.64. The van der Waals surface area contributed by atoms with Gasteiger partial charge in [-0.1, -0.05) is 24.3 Å². The summed E-state index contributed by atoms with van der Waals surface area (Å²) in [5.74, 6) is 0.495. The second kappa shape index (κ2) is 5.94. The summed E-state index contributed by atoms with van der Waals surface area (Å²) in [6.45, 7) is 4.33. The number of aliphatic hydroxyl groups is 1. The second-order valence-electron chi connectivity index (χ2n) is 7.34. The molecule has 0 bridgehead atoms. The first-order chi connectivity index (χ1) is 11.6. The number of halogens is 1. The van der Waals surface area contributed by atoms with Crippen molar-refractivity contribution in [3.8, 4) is 0 Å². The van der Waals surface area contributed by atoms with Gasteiger partial charge in [0.05, 0.1) is 5.69 Å². The van der Waals surface area contributed by atoms with E-state index in [0.29, 0.717) is 12.5 Å². The average Bonchev–Trinajstić information content (AvgIpc) is 3.11.